The van der Waals surface area contributed by atoms with Crippen LogP contribution in [-0.4, -0.2) is 37.9 Å². The van der Waals surface area contributed by atoms with Crippen molar-refractivity contribution in [2.45, 2.75) is 6.42 Å². The van der Waals surface area contributed by atoms with Crippen molar-refractivity contribution in [3.05, 3.63) is 48.7 Å². The molecule has 9 heteroatoms. The largest absolute Gasteiger partial charge is 0.326 e. The molecule has 3 heterocycles. The Bertz CT molecular complexity index is 1060. The fraction of sp³-hybridized carbons (Fsp3) is 0.263. The smallest absolute Gasteiger partial charge is 0.229 e. The first-order valence-electron chi connectivity index (χ1n) is 8.80. The minimum atomic E-state index is -0.507. The average Bonchev–Trinajstić information content (AvgIpc) is 3.35. The maximum absolute atomic E-state index is 14.5. The number of aromatic nitrogens is 4. The highest BCUT2D eigenvalue weighted by Gasteiger charge is 2.35. The van der Waals surface area contributed by atoms with Gasteiger partial charge in [0.2, 0.25) is 11.8 Å². The molecule has 1 unspecified atom stereocenters. The number of halogens is 1. The third-order valence-electron chi connectivity index (χ3n) is 4.83. The lowest BCUT2D eigenvalue weighted by Crippen LogP contribution is -2.27. The second-order valence-electron chi connectivity index (χ2n) is 6.80. The molecule has 144 valence electrons. The molecule has 1 aliphatic rings. The summed E-state index contributed by atoms with van der Waals surface area (Å²) in [6, 6.07) is 6.23. The van der Waals surface area contributed by atoms with E-state index in [9.17, 15) is 14.0 Å². The number of amides is 2. The minimum Gasteiger partial charge on any atom is -0.326 e. The summed E-state index contributed by atoms with van der Waals surface area (Å²) in [7, 11) is 3.49. The monoisotopic (exact) mass is 382 g/mol. The Morgan fingerprint density at radius 3 is 2.71 bits per heavy atom. The number of carbonyl (C=O) groups excluding carboxylic acids is 2. The first kappa shape index (κ1) is 17.9. The molecule has 0 bridgehead atoms. The lowest BCUT2D eigenvalue weighted by atomic mass is 10.1. The topological polar surface area (TPSA) is 85.0 Å². The van der Waals surface area contributed by atoms with Crippen molar-refractivity contribution >= 4 is 23.2 Å². The molecular weight excluding hydrogens is 363 g/mol. The number of hydrogen-bond donors (Lipinski definition) is 1. The van der Waals surface area contributed by atoms with Crippen molar-refractivity contribution in [1.82, 2.24) is 19.6 Å². The first-order chi connectivity index (χ1) is 13.4. The van der Waals surface area contributed by atoms with Crippen molar-refractivity contribution in [3.63, 3.8) is 0 Å². The Labute approximate surface area is 160 Å². The van der Waals surface area contributed by atoms with Gasteiger partial charge >= 0.3 is 0 Å². The maximum atomic E-state index is 14.5. The van der Waals surface area contributed by atoms with Crippen LogP contribution >= 0.6 is 0 Å². The Kier molecular flexibility index (Phi) is 4.42. The van der Waals surface area contributed by atoms with E-state index in [0.29, 0.717) is 22.6 Å². The molecule has 0 spiro atoms. The second kappa shape index (κ2) is 6.91. The molecule has 1 aliphatic heterocycles. The van der Waals surface area contributed by atoms with Gasteiger partial charge in [-0.3, -0.25) is 19.0 Å². The third kappa shape index (κ3) is 3.26. The van der Waals surface area contributed by atoms with Gasteiger partial charge in [0.15, 0.2) is 0 Å². The number of carbonyl (C=O) groups is 2. The van der Waals surface area contributed by atoms with Crippen LogP contribution in [0.1, 0.15) is 6.42 Å². The van der Waals surface area contributed by atoms with E-state index in [1.165, 1.54) is 6.07 Å². The molecule has 0 aliphatic carbocycles. The van der Waals surface area contributed by atoms with Crippen LogP contribution < -0.4 is 10.2 Å². The zero-order chi connectivity index (χ0) is 19.8. The SMILES string of the molecule is Cn1cc(N2CC(C(=O)Nc3ccc(-c4ccnn4C)c(F)c3)CC2=O)cn1. The van der Waals surface area contributed by atoms with Gasteiger partial charge < -0.3 is 10.2 Å². The van der Waals surface area contributed by atoms with Crippen molar-refractivity contribution in [3.8, 4) is 11.3 Å². The van der Waals surface area contributed by atoms with Crippen LogP contribution in [0.5, 0.6) is 0 Å². The molecule has 0 saturated carbocycles. The van der Waals surface area contributed by atoms with Gasteiger partial charge in [-0.25, -0.2) is 4.39 Å². The third-order valence-corrected chi connectivity index (χ3v) is 4.83. The minimum absolute atomic E-state index is 0.107. The normalized spacial score (nSPS) is 16.6. The quantitative estimate of drug-likeness (QED) is 0.747. The van der Waals surface area contributed by atoms with E-state index >= 15 is 0 Å². The van der Waals surface area contributed by atoms with Gasteiger partial charge in [-0.2, -0.15) is 10.2 Å². The molecular formula is C19H19FN6O2. The van der Waals surface area contributed by atoms with Crippen LogP contribution in [0, 0.1) is 11.7 Å². The highest BCUT2D eigenvalue weighted by atomic mass is 19.1. The standard InChI is InChI=1S/C19H19FN6O2/c1-24-11-14(9-22-24)26-10-12(7-18(26)27)19(28)23-13-3-4-15(16(20)8-13)17-5-6-21-25(17)2/h3-6,8-9,11-12H,7,10H2,1-2H3,(H,23,28). The van der Waals surface area contributed by atoms with Gasteiger partial charge in [-0.1, -0.05) is 0 Å². The number of aryl methyl sites for hydroxylation is 2. The highest BCUT2D eigenvalue weighted by Crippen LogP contribution is 2.27. The van der Waals surface area contributed by atoms with Crippen LogP contribution in [0.15, 0.2) is 42.9 Å². The molecule has 8 nitrogen and oxygen atoms in total. The van der Waals surface area contributed by atoms with Crippen molar-refractivity contribution in [1.29, 1.82) is 0 Å². The summed E-state index contributed by atoms with van der Waals surface area (Å²) in [6.07, 6.45) is 5.02. The van der Waals surface area contributed by atoms with Gasteiger partial charge in [-0.15, -0.1) is 0 Å². The van der Waals surface area contributed by atoms with E-state index in [1.807, 2.05) is 0 Å². The van der Waals surface area contributed by atoms with E-state index in [1.54, 1.807) is 65.1 Å². The fourth-order valence-electron chi connectivity index (χ4n) is 3.36. The molecule has 1 atom stereocenters. The maximum Gasteiger partial charge on any atom is 0.229 e. The van der Waals surface area contributed by atoms with Crippen molar-refractivity contribution < 1.29 is 14.0 Å². The predicted molar refractivity (Wildman–Crippen MR) is 101 cm³/mol. The number of nitrogens with one attached hydrogen (secondary N) is 1. The molecule has 3 aromatic rings. The molecule has 1 aromatic carbocycles. The summed E-state index contributed by atoms with van der Waals surface area (Å²) in [5, 5.41) is 10.8. The van der Waals surface area contributed by atoms with E-state index in [4.69, 9.17) is 0 Å². The zero-order valence-electron chi connectivity index (χ0n) is 15.5. The zero-order valence-corrected chi connectivity index (χ0v) is 15.5. The second-order valence-corrected chi connectivity index (χ2v) is 6.80. The van der Waals surface area contributed by atoms with Crippen LogP contribution in [0.2, 0.25) is 0 Å². The van der Waals surface area contributed by atoms with E-state index in [2.05, 4.69) is 15.5 Å². The van der Waals surface area contributed by atoms with E-state index in [-0.39, 0.29) is 24.8 Å². The van der Waals surface area contributed by atoms with Crippen LogP contribution in [0.4, 0.5) is 15.8 Å². The molecule has 28 heavy (non-hydrogen) atoms. The molecule has 2 aromatic heterocycles. The fourth-order valence-corrected chi connectivity index (χ4v) is 3.36. The summed E-state index contributed by atoms with van der Waals surface area (Å²) >= 11 is 0. The molecule has 4 rings (SSSR count). The lowest BCUT2D eigenvalue weighted by Gasteiger charge is -2.14. The van der Waals surface area contributed by atoms with E-state index < -0.39 is 11.7 Å². The Morgan fingerprint density at radius 1 is 1.25 bits per heavy atom. The van der Waals surface area contributed by atoms with Crippen molar-refractivity contribution in [2.75, 3.05) is 16.8 Å². The van der Waals surface area contributed by atoms with Gasteiger partial charge in [-0.05, 0) is 24.3 Å². The lowest BCUT2D eigenvalue weighted by molar-refractivity contribution is -0.122. The predicted octanol–water partition coefficient (Wildman–Crippen LogP) is 1.95. The molecule has 1 fully saturated rings. The van der Waals surface area contributed by atoms with Gasteiger partial charge in [0.05, 0.1) is 23.5 Å². The van der Waals surface area contributed by atoms with E-state index in [0.717, 1.165) is 0 Å². The molecule has 1 N–H and O–H groups in total. The molecule has 0 radical (unpaired) electrons. The number of nitrogens with zero attached hydrogens (tertiary/aromatic N) is 5. The van der Waals surface area contributed by atoms with Gasteiger partial charge in [0, 0.05) is 50.7 Å². The summed E-state index contributed by atoms with van der Waals surface area (Å²) < 4.78 is 17.7. The summed E-state index contributed by atoms with van der Waals surface area (Å²) in [5.41, 5.74) is 2.05. The average molecular weight is 382 g/mol. The van der Waals surface area contributed by atoms with Crippen LogP contribution in [-0.2, 0) is 23.7 Å². The summed E-state index contributed by atoms with van der Waals surface area (Å²) in [6.45, 7) is 0.270. The van der Waals surface area contributed by atoms with Crippen LogP contribution in [0.3, 0.4) is 0 Å². The Morgan fingerprint density at radius 2 is 2.07 bits per heavy atom. The van der Waals surface area contributed by atoms with Gasteiger partial charge in [0.25, 0.3) is 0 Å². The summed E-state index contributed by atoms with van der Waals surface area (Å²) in [4.78, 5) is 26.4. The molecule has 1 saturated heterocycles. The number of anilines is 2. The Hall–Kier alpha value is -3.49. The Balaban J connectivity index is 1.46. The number of hydrogen-bond acceptors (Lipinski definition) is 4. The van der Waals surface area contributed by atoms with Crippen molar-refractivity contribution in [2.24, 2.45) is 20.0 Å². The first-order valence-corrected chi connectivity index (χ1v) is 8.80. The van der Waals surface area contributed by atoms with Crippen LogP contribution in [0.25, 0.3) is 11.3 Å². The highest BCUT2D eigenvalue weighted by molar-refractivity contribution is 6.03. The molecule has 2 amide bonds. The summed E-state index contributed by atoms with van der Waals surface area (Å²) in [5.74, 6) is -1.41. The van der Waals surface area contributed by atoms with Gasteiger partial charge in [0.1, 0.15) is 5.82 Å². The number of rotatable bonds is 4. The number of benzene rings is 1.